The summed E-state index contributed by atoms with van der Waals surface area (Å²) in [7, 11) is 0. The van der Waals surface area contributed by atoms with Gasteiger partial charge in [-0.3, -0.25) is 0 Å². The molecule has 0 bridgehead atoms. The predicted octanol–water partition coefficient (Wildman–Crippen LogP) is 2.33. The maximum Gasteiger partial charge on any atom is 0.131 e. The van der Waals surface area contributed by atoms with Gasteiger partial charge >= 0.3 is 0 Å². The van der Waals surface area contributed by atoms with E-state index in [0.29, 0.717) is 0 Å². The van der Waals surface area contributed by atoms with E-state index in [1.165, 1.54) is 29.4 Å². The van der Waals surface area contributed by atoms with E-state index in [2.05, 4.69) is 34.2 Å². The number of aromatic nitrogens is 2. The second kappa shape index (κ2) is 6.57. The number of nitrogens with one attached hydrogen (secondary N) is 1. The highest BCUT2D eigenvalue weighted by atomic mass is 32.2. The molecule has 0 atom stereocenters. The molecule has 2 rings (SSSR count). The quantitative estimate of drug-likeness (QED) is 0.878. The minimum atomic E-state index is 0.848. The molecule has 1 fully saturated rings. The van der Waals surface area contributed by atoms with Crippen molar-refractivity contribution in [1.82, 2.24) is 15.5 Å². The first kappa shape index (κ1) is 12.3. The number of rotatable bonds is 5. The summed E-state index contributed by atoms with van der Waals surface area (Å²) in [6.45, 7) is 3.98. The molecule has 1 saturated heterocycles. The zero-order valence-corrected chi connectivity index (χ0v) is 11.4. The second-order valence-corrected chi connectivity index (χ2v) is 6.50. The standard InChI is InChI=1S/C11H19N3S2/c1-2-12-8-11-14-13-10(16-11)7-9-3-5-15-6-4-9/h9,12H,2-8H2,1H3. The Morgan fingerprint density at radius 3 is 2.75 bits per heavy atom. The summed E-state index contributed by atoms with van der Waals surface area (Å²) in [6, 6.07) is 0. The van der Waals surface area contributed by atoms with Gasteiger partial charge < -0.3 is 5.32 Å². The molecule has 1 aliphatic rings. The number of hydrogen-bond donors (Lipinski definition) is 1. The Kier molecular flexibility index (Phi) is 5.06. The normalized spacial score (nSPS) is 17.8. The molecule has 1 N–H and O–H groups in total. The van der Waals surface area contributed by atoms with Crippen molar-refractivity contribution >= 4 is 23.1 Å². The topological polar surface area (TPSA) is 37.8 Å². The fourth-order valence-electron chi connectivity index (χ4n) is 1.87. The Bertz CT molecular complexity index is 308. The molecule has 1 aromatic rings. The van der Waals surface area contributed by atoms with Gasteiger partial charge in [0.1, 0.15) is 10.0 Å². The van der Waals surface area contributed by atoms with E-state index in [9.17, 15) is 0 Å². The van der Waals surface area contributed by atoms with E-state index in [-0.39, 0.29) is 0 Å². The van der Waals surface area contributed by atoms with Crippen molar-refractivity contribution in [2.24, 2.45) is 5.92 Å². The lowest BCUT2D eigenvalue weighted by Crippen LogP contribution is -2.12. The van der Waals surface area contributed by atoms with Crippen LogP contribution in [-0.2, 0) is 13.0 Å². The average molecular weight is 257 g/mol. The summed E-state index contributed by atoms with van der Waals surface area (Å²) in [6.07, 6.45) is 3.85. The van der Waals surface area contributed by atoms with E-state index < -0.39 is 0 Å². The van der Waals surface area contributed by atoms with Crippen molar-refractivity contribution in [3.8, 4) is 0 Å². The smallest absolute Gasteiger partial charge is 0.131 e. The van der Waals surface area contributed by atoms with Crippen LogP contribution in [0.1, 0.15) is 29.8 Å². The third kappa shape index (κ3) is 3.71. The Morgan fingerprint density at radius 1 is 1.25 bits per heavy atom. The van der Waals surface area contributed by atoms with Crippen molar-refractivity contribution in [2.75, 3.05) is 18.1 Å². The molecule has 0 saturated carbocycles. The first-order chi connectivity index (χ1) is 7.88. The van der Waals surface area contributed by atoms with Gasteiger partial charge in [-0.1, -0.05) is 6.92 Å². The van der Waals surface area contributed by atoms with E-state index in [1.807, 2.05) is 0 Å². The van der Waals surface area contributed by atoms with E-state index in [0.717, 1.165) is 30.4 Å². The average Bonchev–Trinajstić information content (AvgIpc) is 2.75. The molecule has 2 heterocycles. The van der Waals surface area contributed by atoms with Gasteiger partial charge in [-0.05, 0) is 36.8 Å². The summed E-state index contributed by atoms with van der Waals surface area (Å²) in [5.74, 6) is 3.50. The molecule has 90 valence electrons. The lowest BCUT2D eigenvalue weighted by atomic mass is 9.99. The van der Waals surface area contributed by atoms with Crippen LogP contribution in [0.4, 0.5) is 0 Å². The van der Waals surface area contributed by atoms with Gasteiger partial charge in [-0.2, -0.15) is 11.8 Å². The molecule has 0 unspecified atom stereocenters. The van der Waals surface area contributed by atoms with Crippen LogP contribution in [0.5, 0.6) is 0 Å². The molecule has 0 radical (unpaired) electrons. The van der Waals surface area contributed by atoms with Crippen LogP contribution in [0.2, 0.25) is 0 Å². The molecule has 0 amide bonds. The summed E-state index contributed by atoms with van der Waals surface area (Å²) in [5, 5.41) is 14.1. The lowest BCUT2D eigenvalue weighted by Gasteiger charge is -2.19. The maximum atomic E-state index is 4.28. The van der Waals surface area contributed by atoms with Gasteiger partial charge in [0, 0.05) is 13.0 Å². The van der Waals surface area contributed by atoms with E-state index >= 15 is 0 Å². The first-order valence-electron chi connectivity index (χ1n) is 5.98. The second-order valence-electron chi connectivity index (χ2n) is 4.13. The van der Waals surface area contributed by atoms with E-state index in [1.54, 1.807) is 11.3 Å². The zero-order chi connectivity index (χ0) is 11.2. The van der Waals surface area contributed by atoms with Crippen LogP contribution in [-0.4, -0.2) is 28.2 Å². The van der Waals surface area contributed by atoms with Gasteiger partial charge in [0.2, 0.25) is 0 Å². The molecule has 5 heteroatoms. The monoisotopic (exact) mass is 257 g/mol. The molecule has 3 nitrogen and oxygen atoms in total. The first-order valence-corrected chi connectivity index (χ1v) is 7.95. The van der Waals surface area contributed by atoms with Crippen LogP contribution in [0, 0.1) is 5.92 Å². The molecule has 0 spiro atoms. The van der Waals surface area contributed by atoms with Crippen LogP contribution in [0.15, 0.2) is 0 Å². The Labute approximate surface area is 105 Å². The van der Waals surface area contributed by atoms with Crippen molar-refractivity contribution in [2.45, 2.75) is 32.7 Å². The Hall–Kier alpha value is -0.130. The molecule has 0 aliphatic carbocycles. The zero-order valence-electron chi connectivity index (χ0n) is 9.74. The van der Waals surface area contributed by atoms with E-state index in [4.69, 9.17) is 0 Å². The fourth-order valence-corrected chi connectivity index (χ4v) is 4.00. The molecular weight excluding hydrogens is 238 g/mol. The minimum absolute atomic E-state index is 0.848. The van der Waals surface area contributed by atoms with Gasteiger partial charge in [0.05, 0.1) is 0 Å². The van der Waals surface area contributed by atoms with Crippen LogP contribution in [0.25, 0.3) is 0 Å². The third-order valence-electron chi connectivity index (χ3n) is 2.84. The Balaban J connectivity index is 1.81. The number of thioether (sulfide) groups is 1. The summed E-state index contributed by atoms with van der Waals surface area (Å²) in [5.41, 5.74) is 0. The van der Waals surface area contributed by atoms with Crippen molar-refractivity contribution in [1.29, 1.82) is 0 Å². The summed E-state index contributed by atoms with van der Waals surface area (Å²) in [4.78, 5) is 0. The fraction of sp³-hybridized carbons (Fsp3) is 0.818. The Morgan fingerprint density at radius 2 is 2.00 bits per heavy atom. The van der Waals surface area contributed by atoms with Gasteiger partial charge in [-0.15, -0.1) is 21.5 Å². The lowest BCUT2D eigenvalue weighted by molar-refractivity contribution is 0.485. The number of hydrogen-bond acceptors (Lipinski definition) is 5. The van der Waals surface area contributed by atoms with Gasteiger partial charge in [0.25, 0.3) is 0 Å². The van der Waals surface area contributed by atoms with Crippen molar-refractivity contribution in [3.05, 3.63) is 10.0 Å². The molecular formula is C11H19N3S2. The van der Waals surface area contributed by atoms with Crippen LogP contribution < -0.4 is 5.32 Å². The SMILES string of the molecule is CCNCc1nnc(CC2CCSCC2)s1. The predicted molar refractivity (Wildman–Crippen MR) is 71.0 cm³/mol. The van der Waals surface area contributed by atoms with Crippen molar-refractivity contribution < 1.29 is 0 Å². The molecule has 1 aliphatic heterocycles. The van der Waals surface area contributed by atoms with Gasteiger partial charge in [0.15, 0.2) is 0 Å². The molecule has 16 heavy (non-hydrogen) atoms. The van der Waals surface area contributed by atoms with Crippen LogP contribution in [0.3, 0.4) is 0 Å². The highest BCUT2D eigenvalue weighted by Gasteiger charge is 2.16. The number of nitrogens with zero attached hydrogens (tertiary/aromatic N) is 2. The summed E-state index contributed by atoms with van der Waals surface area (Å²) >= 11 is 3.86. The van der Waals surface area contributed by atoms with Gasteiger partial charge in [-0.25, -0.2) is 0 Å². The minimum Gasteiger partial charge on any atom is -0.311 e. The highest BCUT2D eigenvalue weighted by Crippen LogP contribution is 2.26. The van der Waals surface area contributed by atoms with Crippen molar-refractivity contribution in [3.63, 3.8) is 0 Å². The highest BCUT2D eigenvalue weighted by molar-refractivity contribution is 7.99. The summed E-state index contributed by atoms with van der Waals surface area (Å²) < 4.78 is 0. The largest absolute Gasteiger partial charge is 0.311 e. The molecule has 1 aromatic heterocycles. The maximum absolute atomic E-state index is 4.28. The molecule has 0 aromatic carbocycles. The van der Waals surface area contributed by atoms with Crippen LogP contribution >= 0.6 is 23.1 Å². The third-order valence-corrected chi connectivity index (χ3v) is 4.83.